The maximum absolute atomic E-state index is 13.0. The minimum absolute atomic E-state index is 0. The quantitative estimate of drug-likeness (QED) is 0.143. The predicted octanol–water partition coefficient (Wildman–Crippen LogP) is 17.2. The largest absolute Gasteiger partial charge is 0.359 e. The molecule has 0 saturated heterocycles. The fourth-order valence-corrected chi connectivity index (χ4v) is 21.8. The smallest absolute Gasteiger partial charge is 0.274 e. The number of urea groups is 1. The lowest BCUT2D eigenvalue weighted by molar-refractivity contribution is 0.217. The molecule has 0 bridgehead atoms. The first kappa shape index (κ1) is 89.4. The van der Waals surface area contributed by atoms with Gasteiger partial charge in [0.25, 0.3) is 0 Å². The van der Waals surface area contributed by atoms with Crippen LogP contribution in [-0.2, 0) is 6.54 Å². The van der Waals surface area contributed by atoms with Crippen molar-refractivity contribution in [2.24, 2.45) is 4.99 Å². The molecule has 2 aliphatic rings. The summed E-state index contributed by atoms with van der Waals surface area (Å²) in [4.78, 5) is 170. The van der Waals surface area contributed by atoms with E-state index < -0.39 is 45.5 Å². The van der Waals surface area contributed by atoms with E-state index in [0.717, 1.165) is 123 Å². The minimum Gasteiger partial charge on any atom is -0.274 e. The number of nitrogens with zero attached hydrogens (tertiary/aromatic N) is 18. The number of aryl methyl sites for hydroxylation is 7. The molecule has 0 saturated carbocycles. The van der Waals surface area contributed by atoms with Gasteiger partial charge >= 0.3 is 62.9 Å². The van der Waals surface area contributed by atoms with E-state index >= 15 is 0 Å². The Hall–Kier alpha value is -16.2. The number of thiazole rings is 5. The van der Waals surface area contributed by atoms with Gasteiger partial charge in [-0.15, -0.1) is 0 Å². The molecule has 0 aliphatic carbocycles. The fraction of sp³-hybridized carbons (Fsp3) is 0.0900. The number of hydrogen-bond donors (Lipinski definition) is 0. The van der Waals surface area contributed by atoms with Crippen molar-refractivity contribution in [2.75, 3.05) is 4.90 Å². The Kier molecular flexibility index (Phi) is 24.4. The van der Waals surface area contributed by atoms with E-state index in [-0.39, 0.29) is 24.8 Å². The lowest BCUT2D eigenvalue weighted by Crippen LogP contribution is -2.46. The maximum Gasteiger partial charge on any atom is 0.359 e. The van der Waals surface area contributed by atoms with Gasteiger partial charge in [-0.3, -0.25) is 4.90 Å². The third-order valence-corrected chi connectivity index (χ3v) is 27.9. The monoisotopic (exact) mass is 1900 g/mol. The molecule has 12 heterocycles. The molecule has 0 N–H and O–H groups in total. The molecule has 0 atom stereocenters. The third-order valence-electron chi connectivity index (χ3n) is 21.8. The fourth-order valence-electron chi connectivity index (χ4n) is 15.4. The summed E-state index contributed by atoms with van der Waals surface area (Å²) in [6.45, 7) is 18.2. The van der Waals surface area contributed by atoms with E-state index in [2.05, 4.69) is 42.6 Å². The topological polar surface area (TPSA) is 318 Å². The SMILES string of the molecule is C.C=C1N=C2Sc3cc(C)ccc3N2C(=O)N1Cc1ccccc1.Cc1ccc(-n2c(=O)nc3sc4ccccc4n3c2=O)cc1.Cc1ccc2c(c1)sc1nc(=O)n(-c3ccccc3)c(=O)n12.Cc1cccc(-n2c(=O)nc3sc4cc(C)ccc4n3c2=O)c1.Cc1cccc(-n2c(=O)nc3sc4cc(C)ccc4n3c2=O)c1.O=c1nc2sc3ccccc3n2c(=O)n1-c1ccccc1. The van der Waals surface area contributed by atoms with Crippen LogP contribution in [0.1, 0.15) is 51.9 Å². The second-order valence-corrected chi connectivity index (χ2v) is 37.3. The number of aromatic nitrogens is 15. The van der Waals surface area contributed by atoms with Gasteiger partial charge in [0.15, 0.2) is 5.17 Å². The molecule has 0 unspecified atom stereocenters. The summed E-state index contributed by atoms with van der Waals surface area (Å²) < 4.78 is 17.7. The van der Waals surface area contributed by atoms with E-state index in [1.165, 1.54) is 96.0 Å². The van der Waals surface area contributed by atoms with E-state index in [4.69, 9.17) is 0 Å². The molecule has 668 valence electrons. The number of hydrogen-bond acceptors (Lipinski definition) is 23. The van der Waals surface area contributed by atoms with Gasteiger partial charge in [0.2, 0.25) is 24.8 Å². The van der Waals surface area contributed by atoms with Crippen molar-refractivity contribution >= 4 is 161 Å². The number of rotatable bonds is 7. The standard InChI is InChI=1S/C18H15N3OS.2C17H13N3O2S.2C16H11N3O2S.C15H9N3O2S.CH4/c1-12-8-9-15-16(10-12)23-17-19-13(2)20(18(22)21(15)17)11-14-6-4-3-5-7-14;2*1-10-4-3-5-12(8-10)19-15(21)18-16-20(17(19)22)13-7-6-11(2)9-14(13)23-16;1-10-6-8-11(9-7-10)18-14(20)17-15-19(16(18)21)12-4-2-3-5-13(12)22-15;1-10-7-8-12-13(9-10)22-15-17-14(20)18(16(21)19(12)15)11-5-3-2-4-6-11;19-13-16-14-18(11-8-4-5-9-12(11)21-14)15(20)17(13)10-6-2-1-3-7-10;/h3-10H,2,11H2,1H3;2*3-9H,1-2H3;2*2-9H,1H3;1-9H;1H4. The van der Waals surface area contributed by atoms with Gasteiger partial charge in [-0.2, -0.15) is 24.9 Å². The van der Waals surface area contributed by atoms with E-state index in [1.807, 2.05) is 243 Å². The summed E-state index contributed by atoms with van der Waals surface area (Å²) in [6, 6.07) is 87.8. The van der Waals surface area contributed by atoms with Crippen LogP contribution in [0.4, 0.5) is 10.5 Å². The highest BCUT2D eigenvalue weighted by atomic mass is 32.2. The van der Waals surface area contributed by atoms with Crippen LogP contribution >= 0.6 is 68.4 Å². The predicted molar refractivity (Wildman–Crippen MR) is 541 cm³/mol. The summed E-state index contributed by atoms with van der Waals surface area (Å²) >= 11 is 8.23. The van der Waals surface area contributed by atoms with Gasteiger partial charge in [0, 0.05) is 4.90 Å². The molecule has 2 aliphatic heterocycles. The zero-order valence-electron chi connectivity index (χ0n) is 72.0. The number of carbonyl (C=O) groups is 1. The summed E-state index contributed by atoms with van der Waals surface area (Å²) in [5.74, 6) is 0.488. The van der Waals surface area contributed by atoms with Crippen LogP contribution in [0.15, 0.2) is 355 Å². The average Bonchev–Trinajstić information content (AvgIpc) is 1.63. The number of aliphatic imine (C=N–C) groups is 1. The Balaban J connectivity index is 0.000000108. The summed E-state index contributed by atoms with van der Waals surface area (Å²) in [5.41, 5.74) is 11.2. The highest BCUT2D eigenvalue weighted by Gasteiger charge is 2.39. The number of para-hydroxylation sites is 4. The van der Waals surface area contributed by atoms with Gasteiger partial charge in [0.1, 0.15) is 5.82 Å². The molecular formula is C100H76N18O11S6. The second kappa shape index (κ2) is 36.9. The number of fused-ring (bicyclic) bond motifs is 18. The molecule has 29 nitrogen and oxygen atoms in total. The lowest BCUT2D eigenvalue weighted by Gasteiger charge is -2.32. The van der Waals surface area contributed by atoms with Crippen molar-refractivity contribution in [1.29, 1.82) is 0 Å². The second-order valence-electron chi connectivity index (χ2n) is 31.3. The van der Waals surface area contributed by atoms with Gasteiger partial charge < -0.3 is 0 Å². The van der Waals surface area contributed by atoms with Crippen LogP contribution in [0.25, 0.3) is 104 Å². The zero-order valence-corrected chi connectivity index (χ0v) is 76.9. The van der Waals surface area contributed by atoms with Gasteiger partial charge in [0.05, 0.1) is 91.8 Å². The first-order valence-electron chi connectivity index (χ1n) is 41.5. The van der Waals surface area contributed by atoms with Gasteiger partial charge in [-0.05, 0) is 233 Å². The Labute approximate surface area is 787 Å². The number of amidine groups is 1. The summed E-state index contributed by atoms with van der Waals surface area (Å²) in [6.07, 6.45) is 0. The van der Waals surface area contributed by atoms with Crippen LogP contribution in [0.5, 0.6) is 0 Å². The molecule has 35 heteroatoms. The van der Waals surface area contributed by atoms with Gasteiger partial charge in [-0.1, -0.05) is 228 Å². The molecular weight excluding hydrogens is 1820 g/mol. The van der Waals surface area contributed by atoms with Crippen LogP contribution in [0.3, 0.4) is 0 Å². The molecule has 10 aromatic heterocycles. The number of amides is 2. The first-order chi connectivity index (χ1) is 64.8. The van der Waals surface area contributed by atoms with Crippen molar-refractivity contribution in [2.45, 2.75) is 67.3 Å². The lowest BCUT2D eigenvalue weighted by atomic mass is 10.2. The summed E-state index contributed by atoms with van der Waals surface area (Å²) in [5, 5.41) is 0.685. The number of carbonyl (C=O) groups excluding carboxylic acids is 1. The number of benzene rings is 12. The first-order valence-corrected chi connectivity index (χ1v) is 46.4. The Morgan fingerprint density at radius 3 is 0.956 bits per heavy atom. The molecule has 2 amide bonds. The maximum atomic E-state index is 13.0. The molecule has 12 aromatic carbocycles. The highest BCUT2D eigenvalue weighted by molar-refractivity contribution is 8.15. The van der Waals surface area contributed by atoms with Crippen molar-refractivity contribution in [3.8, 4) is 28.4 Å². The number of thioether (sulfide) groups is 1. The molecule has 24 rings (SSSR count). The van der Waals surface area contributed by atoms with Crippen LogP contribution in [0, 0.1) is 48.5 Å². The van der Waals surface area contributed by atoms with Crippen LogP contribution < -0.4 is 61.8 Å². The van der Waals surface area contributed by atoms with Crippen molar-refractivity contribution in [3.05, 3.63) is 447 Å². The van der Waals surface area contributed by atoms with Gasteiger partial charge in [-0.25, -0.2) is 107 Å². The van der Waals surface area contributed by atoms with Crippen molar-refractivity contribution in [1.82, 2.24) is 74.7 Å². The Bertz CT molecular complexity index is 9090. The van der Waals surface area contributed by atoms with Crippen molar-refractivity contribution in [3.63, 3.8) is 0 Å². The van der Waals surface area contributed by atoms with Crippen LogP contribution in [0.2, 0.25) is 0 Å². The van der Waals surface area contributed by atoms with E-state index in [9.17, 15) is 52.7 Å². The molecule has 22 aromatic rings. The zero-order chi connectivity index (χ0) is 93.2. The molecule has 0 fully saturated rings. The normalized spacial score (nSPS) is 12.1. The minimum atomic E-state index is -0.558. The molecule has 0 radical (unpaired) electrons. The van der Waals surface area contributed by atoms with E-state index in [1.54, 1.807) is 94.7 Å². The summed E-state index contributed by atoms with van der Waals surface area (Å²) in [7, 11) is 0. The Morgan fingerprint density at radius 2 is 0.578 bits per heavy atom. The van der Waals surface area contributed by atoms with E-state index in [0.29, 0.717) is 70.8 Å². The average molecular weight is 1900 g/mol. The highest BCUT2D eigenvalue weighted by Crippen LogP contribution is 2.44. The molecule has 0 spiro atoms. The number of anilines is 1. The van der Waals surface area contributed by atoms with Crippen LogP contribution in [-0.4, -0.2) is 85.9 Å². The third kappa shape index (κ3) is 17.1. The molecule has 135 heavy (non-hydrogen) atoms. The Morgan fingerprint density at radius 1 is 0.281 bits per heavy atom. The van der Waals surface area contributed by atoms with Crippen molar-refractivity contribution < 1.29 is 4.79 Å².